The largest absolute Gasteiger partial charge is 0.391 e. The summed E-state index contributed by atoms with van der Waals surface area (Å²) in [6, 6.07) is 10.1. The molecule has 4 rings (SSSR count). The molecule has 2 atom stereocenters. The molecule has 1 aliphatic carbocycles. The summed E-state index contributed by atoms with van der Waals surface area (Å²) < 4.78 is 1.84. The maximum absolute atomic E-state index is 12.9. The lowest BCUT2D eigenvalue weighted by molar-refractivity contribution is 0.0312. The molecule has 1 amide bonds. The molecule has 1 aromatic carbocycles. The Labute approximate surface area is 147 Å². The van der Waals surface area contributed by atoms with Crippen LogP contribution in [0, 0.1) is 0 Å². The van der Waals surface area contributed by atoms with Crippen LogP contribution in [-0.4, -0.2) is 68.7 Å². The summed E-state index contributed by atoms with van der Waals surface area (Å²) in [5, 5.41) is 10.1. The van der Waals surface area contributed by atoms with Gasteiger partial charge in [0.05, 0.1) is 18.6 Å². The third kappa shape index (κ3) is 3.19. The first-order valence-corrected chi connectivity index (χ1v) is 9.03. The Morgan fingerprint density at radius 2 is 1.84 bits per heavy atom. The molecule has 2 aromatic rings. The van der Waals surface area contributed by atoms with Crippen molar-refractivity contribution in [2.75, 3.05) is 26.2 Å². The number of aliphatic hydroxyl groups excluding tert-OH is 1. The van der Waals surface area contributed by atoms with E-state index in [9.17, 15) is 9.90 Å². The zero-order valence-corrected chi connectivity index (χ0v) is 14.3. The normalized spacial score (nSPS) is 24.6. The van der Waals surface area contributed by atoms with Crippen molar-refractivity contribution in [3.63, 3.8) is 0 Å². The predicted molar refractivity (Wildman–Crippen MR) is 94.7 cm³/mol. The van der Waals surface area contributed by atoms with E-state index in [-0.39, 0.29) is 18.1 Å². The second-order valence-corrected chi connectivity index (χ2v) is 6.88. The van der Waals surface area contributed by atoms with Crippen molar-refractivity contribution in [2.45, 2.75) is 31.4 Å². The first-order valence-electron chi connectivity index (χ1n) is 9.03. The molecular formula is C19H24N4O2. The van der Waals surface area contributed by atoms with Crippen LogP contribution < -0.4 is 0 Å². The number of piperazine rings is 1. The molecule has 1 aliphatic heterocycles. The summed E-state index contributed by atoms with van der Waals surface area (Å²) in [5.41, 5.74) is 1.54. The van der Waals surface area contributed by atoms with Crippen LogP contribution in [0.4, 0.5) is 0 Å². The number of rotatable bonds is 3. The van der Waals surface area contributed by atoms with Gasteiger partial charge in [-0.05, 0) is 31.4 Å². The Morgan fingerprint density at radius 3 is 2.52 bits per heavy atom. The van der Waals surface area contributed by atoms with Crippen molar-refractivity contribution in [1.82, 2.24) is 19.4 Å². The van der Waals surface area contributed by atoms with E-state index in [1.165, 1.54) is 0 Å². The molecule has 6 heteroatoms. The van der Waals surface area contributed by atoms with Gasteiger partial charge in [0, 0.05) is 37.9 Å². The third-order valence-electron chi connectivity index (χ3n) is 5.41. The van der Waals surface area contributed by atoms with Crippen LogP contribution in [0.25, 0.3) is 5.69 Å². The van der Waals surface area contributed by atoms with Gasteiger partial charge >= 0.3 is 0 Å². The second kappa shape index (κ2) is 6.98. The van der Waals surface area contributed by atoms with Crippen molar-refractivity contribution >= 4 is 5.91 Å². The van der Waals surface area contributed by atoms with E-state index in [1.54, 1.807) is 12.5 Å². The van der Waals surface area contributed by atoms with Crippen LogP contribution in [-0.2, 0) is 0 Å². The number of aliphatic hydroxyl groups is 1. The van der Waals surface area contributed by atoms with Crippen LogP contribution in [0.15, 0.2) is 42.9 Å². The number of carbonyl (C=O) groups is 1. The van der Waals surface area contributed by atoms with E-state index in [1.807, 2.05) is 39.8 Å². The average molecular weight is 340 g/mol. The summed E-state index contributed by atoms with van der Waals surface area (Å²) in [7, 11) is 0. The summed E-state index contributed by atoms with van der Waals surface area (Å²) in [4.78, 5) is 21.4. The second-order valence-electron chi connectivity index (χ2n) is 6.88. The molecule has 0 bridgehead atoms. The van der Waals surface area contributed by atoms with Gasteiger partial charge in [-0.1, -0.05) is 18.2 Å². The topological polar surface area (TPSA) is 61.6 Å². The number of aromatic nitrogens is 2. The Balaban J connectivity index is 1.44. The Morgan fingerprint density at radius 1 is 1.08 bits per heavy atom. The quantitative estimate of drug-likeness (QED) is 0.921. The molecule has 1 saturated heterocycles. The third-order valence-corrected chi connectivity index (χ3v) is 5.41. The van der Waals surface area contributed by atoms with E-state index in [4.69, 9.17) is 0 Å². The van der Waals surface area contributed by atoms with Gasteiger partial charge in [-0.3, -0.25) is 14.3 Å². The fourth-order valence-electron chi connectivity index (χ4n) is 4.01. The maximum atomic E-state index is 12.9. The van der Waals surface area contributed by atoms with Gasteiger partial charge in [-0.25, -0.2) is 4.98 Å². The first kappa shape index (κ1) is 16.3. The highest BCUT2D eigenvalue weighted by molar-refractivity contribution is 5.93. The Hall–Kier alpha value is -2.18. The SMILES string of the molecule is O=C(c1cncn1-c1ccccc1)N1CCN(C2CCCC2O)CC1. The van der Waals surface area contributed by atoms with Crippen molar-refractivity contribution in [3.8, 4) is 5.69 Å². The van der Waals surface area contributed by atoms with E-state index < -0.39 is 0 Å². The van der Waals surface area contributed by atoms with Gasteiger partial charge < -0.3 is 10.0 Å². The minimum absolute atomic E-state index is 0.0213. The Kier molecular flexibility index (Phi) is 4.55. The van der Waals surface area contributed by atoms with Gasteiger partial charge in [0.1, 0.15) is 5.69 Å². The number of carbonyl (C=O) groups excluding carboxylic acids is 1. The number of para-hydroxylation sites is 1. The van der Waals surface area contributed by atoms with E-state index in [0.717, 1.165) is 38.0 Å². The molecule has 2 aliphatic rings. The molecule has 0 spiro atoms. The number of nitrogens with zero attached hydrogens (tertiary/aromatic N) is 4. The average Bonchev–Trinajstić information content (AvgIpc) is 3.31. The molecular weight excluding hydrogens is 316 g/mol. The first-order chi connectivity index (χ1) is 12.2. The van der Waals surface area contributed by atoms with Gasteiger partial charge in [-0.2, -0.15) is 0 Å². The molecule has 0 radical (unpaired) electrons. The van der Waals surface area contributed by atoms with Crippen molar-refractivity contribution in [3.05, 3.63) is 48.5 Å². The summed E-state index contributed by atoms with van der Waals surface area (Å²) in [6.07, 6.45) is 6.19. The molecule has 2 fully saturated rings. The monoisotopic (exact) mass is 340 g/mol. The highest BCUT2D eigenvalue weighted by Crippen LogP contribution is 2.25. The predicted octanol–water partition coefficient (Wildman–Crippen LogP) is 1.54. The zero-order valence-electron chi connectivity index (χ0n) is 14.3. The van der Waals surface area contributed by atoms with Crippen molar-refractivity contribution in [1.29, 1.82) is 0 Å². The summed E-state index contributed by atoms with van der Waals surface area (Å²) in [6.45, 7) is 3.05. The van der Waals surface area contributed by atoms with Gasteiger partial charge in [0.2, 0.25) is 0 Å². The minimum Gasteiger partial charge on any atom is -0.391 e. The molecule has 6 nitrogen and oxygen atoms in total. The maximum Gasteiger partial charge on any atom is 0.272 e. The smallest absolute Gasteiger partial charge is 0.272 e. The summed E-state index contributed by atoms with van der Waals surface area (Å²) >= 11 is 0. The van der Waals surface area contributed by atoms with Gasteiger partial charge in [-0.15, -0.1) is 0 Å². The molecule has 132 valence electrons. The number of benzene rings is 1. The fourth-order valence-corrected chi connectivity index (χ4v) is 4.01. The lowest BCUT2D eigenvalue weighted by Crippen LogP contribution is -2.53. The zero-order chi connectivity index (χ0) is 17.2. The standard InChI is InChI=1S/C19H24N4O2/c24-18-8-4-7-16(18)21-9-11-22(12-10-21)19(25)17-13-20-14-23(17)15-5-2-1-3-6-15/h1-3,5-6,13-14,16,18,24H,4,7-12H2. The molecule has 25 heavy (non-hydrogen) atoms. The minimum atomic E-state index is -0.207. The van der Waals surface area contributed by atoms with Crippen molar-refractivity contribution in [2.24, 2.45) is 0 Å². The van der Waals surface area contributed by atoms with E-state index in [2.05, 4.69) is 9.88 Å². The lowest BCUT2D eigenvalue weighted by Gasteiger charge is -2.39. The van der Waals surface area contributed by atoms with Gasteiger partial charge in [0.15, 0.2) is 0 Å². The van der Waals surface area contributed by atoms with Crippen LogP contribution in [0.1, 0.15) is 29.8 Å². The molecule has 1 N–H and O–H groups in total. The van der Waals surface area contributed by atoms with E-state index >= 15 is 0 Å². The van der Waals surface area contributed by atoms with Crippen LogP contribution >= 0.6 is 0 Å². The highest BCUT2D eigenvalue weighted by Gasteiger charge is 2.33. The highest BCUT2D eigenvalue weighted by atomic mass is 16.3. The summed E-state index contributed by atoms with van der Waals surface area (Å²) in [5.74, 6) is 0.0213. The number of amides is 1. The molecule has 2 unspecified atom stereocenters. The van der Waals surface area contributed by atoms with Crippen LogP contribution in [0.3, 0.4) is 0 Å². The number of hydrogen-bond acceptors (Lipinski definition) is 4. The van der Waals surface area contributed by atoms with E-state index in [0.29, 0.717) is 18.8 Å². The van der Waals surface area contributed by atoms with Gasteiger partial charge in [0.25, 0.3) is 5.91 Å². The Bertz CT molecular complexity index is 722. The lowest BCUT2D eigenvalue weighted by atomic mass is 10.1. The van der Waals surface area contributed by atoms with Crippen molar-refractivity contribution < 1.29 is 9.90 Å². The molecule has 1 saturated carbocycles. The van der Waals surface area contributed by atoms with Crippen LogP contribution in [0.5, 0.6) is 0 Å². The van der Waals surface area contributed by atoms with Crippen LogP contribution in [0.2, 0.25) is 0 Å². The molecule has 2 heterocycles. The number of imidazole rings is 1. The number of hydrogen-bond donors (Lipinski definition) is 1. The fraction of sp³-hybridized carbons (Fsp3) is 0.474. The molecule has 1 aromatic heterocycles.